The van der Waals surface area contributed by atoms with Gasteiger partial charge in [0.2, 0.25) is 0 Å². The minimum absolute atomic E-state index is 0.115. The number of hydrogen-bond donors (Lipinski definition) is 2. The standard InChI is InChI=1S/C18H22N2O/c1-4-12(2)14-8-5-6-11-17(14)20-18(21)15-9-7-10-16(19)13(15)3/h5-12H,4,19H2,1-3H3,(H,20,21). The minimum Gasteiger partial charge on any atom is -0.398 e. The van der Waals surface area contributed by atoms with Crippen molar-refractivity contribution in [2.45, 2.75) is 33.1 Å². The van der Waals surface area contributed by atoms with Gasteiger partial charge in [0.25, 0.3) is 5.91 Å². The highest BCUT2D eigenvalue weighted by molar-refractivity contribution is 6.06. The molecule has 2 aromatic rings. The average molecular weight is 282 g/mol. The molecule has 0 bridgehead atoms. The highest BCUT2D eigenvalue weighted by Crippen LogP contribution is 2.27. The quantitative estimate of drug-likeness (QED) is 0.819. The van der Waals surface area contributed by atoms with Crippen LogP contribution in [0.2, 0.25) is 0 Å². The Hall–Kier alpha value is -2.29. The normalized spacial score (nSPS) is 12.0. The molecule has 0 fully saturated rings. The van der Waals surface area contributed by atoms with Gasteiger partial charge >= 0.3 is 0 Å². The van der Waals surface area contributed by atoms with Crippen molar-refractivity contribution < 1.29 is 4.79 Å². The zero-order valence-corrected chi connectivity index (χ0v) is 12.8. The van der Waals surface area contributed by atoms with Crippen molar-refractivity contribution in [1.82, 2.24) is 0 Å². The van der Waals surface area contributed by atoms with Crippen molar-refractivity contribution in [3.8, 4) is 0 Å². The highest BCUT2D eigenvalue weighted by atomic mass is 16.1. The van der Waals surface area contributed by atoms with Gasteiger partial charge in [0.1, 0.15) is 0 Å². The molecule has 3 heteroatoms. The van der Waals surface area contributed by atoms with E-state index in [9.17, 15) is 4.79 Å². The van der Waals surface area contributed by atoms with E-state index in [0.29, 0.717) is 17.2 Å². The monoisotopic (exact) mass is 282 g/mol. The molecule has 0 spiro atoms. The maximum atomic E-state index is 12.5. The maximum absolute atomic E-state index is 12.5. The van der Waals surface area contributed by atoms with Crippen LogP contribution in [0.3, 0.4) is 0 Å². The fourth-order valence-electron chi connectivity index (χ4n) is 2.35. The lowest BCUT2D eigenvalue weighted by Crippen LogP contribution is -2.15. The third-order valence-corrected chi connectivity index (χ3v) is 3.97. The number of nitrogen functional groups attached to an aromatic ring is 1. The van der Waals surface area contributed by atoms with Gasteiger partial charge in [-0.1, -0.05) is 38.1 Å². The molecule has 0 aliphatic rings. The number of para-hydroxylation sites is 1. The van der Waals surface area contributed by atoms with Gasteiger partial charge in [-0.25, -0.2) is 0 Å². The first kappa shape index (κ1) is 15.1. The molecule has 0 heterocycles. The van der Waals surface area contributed by atoms with Crippen LogP contribution in [-0.4, -0.2) is 5.91 Å². The van der Waals surface area contributed by atoms with Crippen molar-refractivity contribution >= 4 is 17.3 Å². The molecule has 0 aliphatic carbocycles. The van der Waals surface area contributed by atoms with E-state index in [1.807, 2.05) is 25.1 Å². The maximum Gasteiger partial charge on any atom is 0.256 e. The summed E-state index contributed by atoms with van der Waals surface area (Å²) in [4.78, 5) is 12.5. The highest BCUT2D eigenvalue weighted by Gasteiger charge is 2.14. The summed E-state index contributed by atoms with van der Waals surface area (Å²) in [6, 6.07) is 13.4. The zero-order valence-electron chi connectivity index (χ0n) is 12.8. The first-order valence-corrected chi connectivity index (χ1v) is 7.30. The number of carbonyl (C=O) groups excluding carboxylic acids is 1. The third kappa shape index (κ3) is 3.24. The summed E-state index contributed by atoms with van der Waals surface area (Å²) in [5.74, 6) is 0.291. The van der Waals surface area contributed by atoms with Crippen molar-refractivity contribution in [2.24, 2.45) is 0 Å². The number of carbonyl (C=O) groups is 1. The molecule has 110 valence electrons. The van der Waals surface area contributed by atoms with E-state index in [2.05, 4.69) is 25.2 Å². The van der Waals surface area contributed by atoms with Crippen LogP contribution in [0, 0.1) is 6.92 Å². The summed E-state index contributed by atoms with van der Waals surface area (Å²) >= 11 is 0. The van der Waals surface area contributed by atoms with Crippen LogP contribution >= 0.6 is 0 Å². The molecule has 0 radical (unpaired) electrons. The summed E-state index contributed by atoms with van der Waals surface area (Å²) in [6.07, 6.45) is 1.03. The van der Waals surface area contributed by atoms with Crippen LogP contribution in [0.1, 0.15) is 47.7 Å². The Bertz CT molecular complexity index is 649. The summed E-state index contributed by atoms with van der Waals surface area (Å²) in [7, 11) is 0. The molecule has 3 N–H and O–H groups in total. The largest absolute Gasteiger partial charge is 0.398 e. The lowest BCUT2D eigenvalue weighted by Gasteiger charge is -2.16. The van der Waals surface area contributed by atoms with Gasteiger partial charge in [-0.3, -0.25) is 4.79 Å². The number of nitrogens with one attached hydrogen (secondary N) is 1. The van der Waals surface area contributed by atoms with Gasteiger partial charge in [0.15, 0.2) is 0 Å². The molecule has 1 amide bonds. The molecule has 1 unspecified atom stereocenters. The Kier molecular flexibility index (Phi) is 4.63. The predicted octanol–water partition coefficient (Wildman–Crippen LogP) is 4.34. The Morgan fingerprint density at radius 3 is 2.62 bits per heavy atom. The minimum atomic E-state index is -0.115. The van der Waals surface area contributed by atoms with Crippen LogP contribution < -0.4 is 11.1 Å². The van der Waals surface area contributed by atoms with Crippen molar-refractivity contribution in [1.29, 1.82) is 0 Å². The molecule has 0 saturated carbocycles. The number of anilines is 2. The number of amides is 1. The summed E-state index contributed by atoms with van der Waals surface area (Å²) in [5, 5.41) is 3.02. The second-order valence-corrected chi connectivity index (χ2v) is 5.37. The van der Waals surface area contributed by atoms with E-state index >= 15 is 0 Å². The van der Waals surface area contributed by atoms with Crippen molar-refractivity contribution in [3.63, 3.8) is 0 Å². The lowest BCUT2D eigenvalue weighted by molar-refractivity contribution is 0.102. The van der Waals surface area contributed by atoms with Gasteiger partial charge in [-0.15, -0.1) is 0 Å². The van der Waals surface area contributed by atoms with Gasteiger partial charge in [-0.2, -0.15) is 0 Å². The van der Waals surface area contributed by atoms with Crippen LogP contribution in [-0.2, 0) is 0 Å². The Labute approximate surface area is 126 Å². The van der Waals surface area contributed by atoms with Gasteiger partial charge in [-0.05, 0) is 48.6 Å². The lowest BCUT2D eigenvalue weighted by atomic mass is 9.96. The molecular formula is C18H22N2O. The molecule has 21 heavy (non-hydrogen) atoms. The number of nitrogens with two attached hydrogens (primary N) is 1. The molecular weight excluding hydrogens is 260 g/mol. The number of benzene rings is 2. The summed E-state index contributed by atoms with van der Waals surface area (Å²) in [6.45, 7) is 6.17. The van der Waals surface area contributed by atoms with Crippen LogP contribution in [0.15, 0.2) is 42.5 Å². The SMILES string of the molecule is CCC(C)c1ccccc1NC(=O)c1cccc(N)c1C. The smallest absolute Gasteiger partial charge is 0.256 e. The molecule has 2 rings (SSSR count). The second kappa shape index (κ2) is 6.44. The topological polar surface area (TPSA) is 55.1 Å². The fraction of sp³-hybridized carbons (Fsp3) is 0.278. The molecule has 2 aromatic carbocycles. The summed E-state index contributed by atoms with van der Waals surface area (Å²) < 4.78 is 0. The fourth-order valence-corrected chi connectivity index (χ4v) is 2.35. The Morgan fingerprint density at radius 1 is 1.19 bits per heavy atom. The van der Waals surface area contributed by atoms with Crippen LogP contribution in [0.5, 0.6) is 0 Å². The van der Waals surface area contributed by atoms with Crippen molar-refractivity contribution in [2.75, 3.05) is 11.1 Å². The first-order chi connectivity index (χ1) is 10.0. The Morgan fingerprint density at radius 2 is 1.90 bits per heavy atom. The summed E-state index contributed by atoms with van der Waals surface area (Å²) in [5.41, 5.74) is 9.98. The predicted molar refractivity (Wildman–Crippen MR) is 88.7 cm³/mol. The molecule has 0 aliphatic heterocycles. The van der Waals surface area contributed by atoms with Gasteiger partial charge in [0, 0.05) is 16.9 Å². The molecule has 0 aromatic heterocycles. The van der Waals surface area contributed by atoms with E-state index in [1.165, 1.54) is 0 Å². The zero-order chi connectivity index (χ0) is 15.4. The van der Waals surface area contributed by atoms with E-state index < -0.39 is 0 Å². The Balaban J connectivity index is 2.30. The van der Waals surface area contributed by atoms with E-state index in [-0.39, 0.29) is 5.91 Å². The first-order valence-electron chi connectivity index (χ1n) is 7.30. The number of rotatable bonds is 4. The van der Waals surface area contributed by atoms with E-state index in [1.54, 1.807) is 18.2 Å². The molecule has 0 saturated heterocycles. The average Bonchev–Trinajstić information content (AvgIpc) is 2.49. The van der Waals surface area contributed by atoms with Crippen LogP contribution in [0.4, 0.5) is 11.4 Å². The van der Waals surface area contributed by atoms with E-state index in [0.717, 1.165) is 23.2 Å². The van der Waals surface area contributed by atoms with E-state index in [4.69, 9.17) is 5.73 Å². The number of hydrogen-bond acceptors (Lipinski definition) is 2. The van der Waals surface area contributed by atoms with Crippen molar-refractivity contribution in [3.05, 3.63) is 59.2 Å². The second-order valence-electron chi connectivity index (χ2n) is 5.37. The van der Waals surface area contributed by atoms with Gasteiger partial charge < -0.3 is 11.1 Å². The van der Waals surface area contributed by atoms with Crippen LogP contribution in [0.25, 0.3) is 0 Å². The molecule has 1 atom stereocenters. The third-order valence-electron chi connectivity index (χ3n) is 3.97. The van der Waals surface area contributed by atoms with Gasteiger partial charge in [0.05, 0.1) is 0 Å². The molecule has 3 nitrogen and oxygen atoms in total.